The van der Waals surface area contributed by atoms with Crippen LogP contribution in [0.3, 0.4) is 0 Å². The van der Waals surface area contributed by atoms with E-state index < -0.39 is 36.1 Å². The van der Waals surface area contributed by atoms with E-state index in [2.05, 4.69) is 5.32 Å². The highest BCUT2D eigenvalue weighted by Crippen LogP contribution is 2.44. The smallest absolute Gasteiger partial charge is 0.407 e. The van der Waals surface area contributed by atoms with Crippen molar-refractivity contribution in [1.82, 2.24) is 5.32 Å². The zero-order chi connectivity index (χ0) is 28.0. The van der Waals surface area contributed by atoms with Crippen molar-refractivity contribution in [1.29, 1.82) is 0 Å². The van der Waals surface area contributed by atoms with Crippen LogP contribution in [0, 0.1) is 0 Å². The Morgan fingerprint density at radius 2 is 1.43 bits per heavy atom. The summed E-state index contributed by atoms with van der Waals surface area (Å²) >= 11 is 0. The minimum absolute atomic E-state index is 0. The Labute approximate surface area is 235 Å². The van der Waals surface area contributed by atoms with E-state index in [1.807, 2.05) is 48.5 Å². The molecule has 0 aromatic heterocycles. The third kappa shape index (κ3) is 7.62. The van der Waals surface area contributed by atoms with Crippen LogP contribution in [0.1, 0.15) is 57.2 Å². The first kappa shape index (κ1) is 30.2. The Balaban J connectivity index is 0.00000441. The summed E-state index contributed by atoms with van der Waals surface area (Å²) in [5.74, 6) is -0.891. The van der Waals surface area contributed by atoms with Gasteiger partial charge < -0.3 is 24.3 Å². The van der Waals surface area contributed by atoms with Crippen LogP contribution in [0.5, 0.6) is 5.75 Å². The van der Waals surface area contributed by atoms with Gasteiger partial charge in [0.1, 0.15) is 30.6 Å². The molecule has 1 atom stereocenters. The van der Waals surface area contributed by atoms with E-state index in [4.69, 9.17) is 18.9 Å². The minimum Gasteiger partial charge on any atom is -0.497 e. The second kappa shape index (κ2) is 13.2. The van der Waals surface area contributed by atoms with Crippen molar-refractivity contribution in [3.05, 3.63) is 89.5 Å². The molecule has 0 heterocycles. The fraction of sp³-hybridized carbons (Fsp3) is 0.344. The summed E-state index contributed by atoms with van der Waals surface area (Å²) < 4.78 is 21.5. The van der Waals surface area contributed by atoms with Gasteiger partial charge in [-0.3, -0.25) is 4.79 Å². The highest BCUT2D eigenvalue weighted by molar-refractivity contribution is 5.86. The van der Waals surface area contributed by atoms with Gasteiger partial charge in [0.2, 0.25) is 0 Å². The number of hydrogen-bond donors (Lipinski definition) is 1. The van der Waals surface area contributed by atoms with Gasteiger partial charge in [-0.05, 0) is 60.7 Å². The summed E-state index contributed by atoms with van der Waals surface area (Å²) in [4.78, 5) is 38.3. The number of hydrogen-bond acceptors (Lipinski definition) is 7. The van der Waals surface area contributed by atoms with Gasteiger partial charge in [-0.15, -0.1) is 0 Å². The zero-order valence-corrected chi connectivity index (χ0v) is 22.6. The molecule has 8 heteroatoms. The quantitative estimate of drug-likeness (QED) is 0.259. The Kier molecular flexibility index (Phi) is 9.93. The molecule has 1 aliphatic rings. The normalized spacial score (nSPS) is 12.7. The van der Waals surface area contributed by atoms with E-state index in [0.29, 0.717) is 5.75 Å². The average molecular weight is 548 g/mol. The van der Waals surface area contributed by atoms with Crippen molar-refractivity contribution >= 4 is 18.0 Å². The standard InChI is InChI=1S/C31H33NO7.CH4/c1-31(2,3)39-28(33)17-27(29(34)37-18-20-13-15-21(36-4)16-14-20)32-30(35)38-19-26-24-11-7-5-9-22(24)23-10-6-8-12-25(23)26;/h5-16,26-27H,17-19H2,1-4H3,(H,32,35);1H4/t27-;/m0./s1. The summed E-state index contributed by atoms with van der Waals surface area (Å²) in [7, 11) is 1.56. The van der Waals surface area contributed by atoms with E-state index in [1.54, 1.807) is 52.1 Å². The number of amides is 1. The summed E-state index contributed by atoms with van der Waals surface area (Å²) in [5.41, 5.74) is 4.31. The molecule has 0 radical (unpaired) electrons. The first-order valence-corrected chi connectivity index (χ1v) is 12.8. The maximum absolute atomic E-state index is 12.9. The maximum Gasteiger partial charge on any atom is 0.407 e. The van der Waals surface area contributed by atoms with E-state index in [9.17, 15) is 14.4 Å². The van der Waals surface area contributed by atoms with E-state index in [1.165, 1.54) is 0 Å². The summed E-state index contributed by atoms with van der Waals surface area (Å²) in [6.07, 6.45) is -1.23. The Morgan fingerprint density at radius 1 is 0.850 bits per heavy atom. The lowest BCUT2D eigenvalue weighted by Crippen LogP contribution is -2.44. The predicted octanol–water partition coefficient (Wildman–Crippen LogP) is 6.01. The molecule has 212 valence electrons. The molecule has 40 heavy (non-hydrogen) atoms. The lowest BCUT2D eigenvalue weighted by molar-refractivity contribution is -0.160. The average Bonchev–Trinajstić information content (AvgIpc) is 3.23. The monoisotopic (exact) mass is 547 g/mol. The van der Waals surface area contributed by atoms with Crippen LogP contribution in [-0.2, 0) is 30.4 Å². The maximum atomic E-state index is 12.9. The molecule has 0 saturated heterocycles. The molecule has 0 fully saturated rings. The summed E-state index contributed by atoms with van der Waals surface area (Å²) in [6, 6.07) is 21.7. The van der Waals surface area contributed by atoms with Crippen LogP contribution >= 0.6 is 0 Å². The van der Waals surface area contributed by atoms with Gasteiger partial charge in [-0.1, -0.05) is 68.1 Å². The number of ether oxygens (including phenoxy) is 4. The van der Waals surface area contributed by atoms with Gasteiger partial charge in [0.15, 0.2) is 0 Å². The fourth-order valence-corrected chi connectivity index (χ4v) is 4.50. The van der Waals surface area contributed by atoms with Crippen LogP contribution < -0.4 is 10.1 Å². The molecule has 0 aliphatic heterocycles. The molecule has 1 aliphatic carbocycles. The number of nitrogens with one attached hydrogen (secondary N) is 1. The number of methoxy groups -OCH3 is 1. The number of benzene rings is 3. The molecular formula is C32H37NO7. The van der Waals surface area contributed by atoms with Crippen molar-refractivity contribution in [2.24, 2.45) is 0 Å². The fourth-order valence-electron chi connectivity index (χ4n) is 4.50. The predicted molar refractivity (Wildman–Crippen MR) is 152 cm³/mol. The molecule has 1 amide bonds. The topological polar surface area (TPSA) is 100 Å². The van der Waals surface area contributed by atoms with E-state index in [0.717, 1.165) is 27.8 Å². The zero-order valence-electron chi connectivity index (χ0n) is 22.6. The molecular weight excluding hydrogens is 510 g/mol. The summed E-state index contributed by atoms with van der Waals surface area (Å²) in [5, 5.41) is 2.50. The second-order valence-electron chi connectivity index (χ2n) is 10.3. The van der Waals surface area contributed by atoms with Crippen molar-refractivity contribution in [2.75, 3.05) is 13.7 Å². The minimum atomic E-state index is -1.28. The molecule has 0 unspecified atom stereocenters. The molecule has 3 aromatic rings. The number of carbonyl (C=O) groups is 3. The molecule has 0 spiro atoms. The largest absolute Gasteiger partial charge is 0.497 e. The van der Waals surface area contributed by atoms with E-state index >= 15 is 0 Å². The van der Waals surface area contributed by atoms with Crippen LogP contribution in [0.25, 0.3) is 11.1 Å². The first-order chi connectivity index (χ1) is 18.6. The first-order valence-electron chi connectivity index (χ1n) is 12.8. The highest BCUT2D eigenvalue weighted by atomic mass is 16.6. The van der Waals surface area contributed by atoms with Gasteiger partial charge >= 0.3 is 18.0 Å². The highest BCUT2D eigenvalue weighted by Gasteiger charge is 2.31. The van der Waals surface area contributed by atoms with Crippen LogP contribution in [0.15, 0.2) is 72.8 Å². The van der Waals surface area contributed by atoms with Crippen LogP contribution in [0.4, 0.5) is 4.79 Å². The molecule has 1 N–H and O–H groups in total. The molecule has 0 saturated carbocycles. The number of rotatable bonds is 9. The Hall–Kier alpha value is -4.33. The molecule has 4 rings (SSSR count). The van der Waals surface area contributed by atoms with Crippen LogP contribution in [0.2, 0.25) is 0 Å². The Morgan fingerprint density at radius 3 is 1.98 bits per heavy atom. The molecule has 0 bridgehead atoms. The van der Waals surface area contributed by atoms with E-state index in [-0.39, 0.29) is 26.6 Å². The van der Waals surface area contributed by atoms with Gasteiger partial charge in [0.25, 0.3) is 0 Å². The lowest BCUT2D eigenvalue weighted by Gasteiger charge is -2.22. The third-order valence-corrected chi connectivity index (χ3v) is 6.25. The molecule has 8 nitrogen and oxygen atoms in total. The van der Waals surface area contributed by atoms with Crippen molar-refractivity contribution in [3.8, 4) is 16.9 Å². The Bertz CT molecular complexity index is 1280. The van der Waals surface area contributed by atoms with Gasteiger partial charge in [-0.25, -0.2) is 9.59 Å². The number of fused-ring (bicyclic) bond motifs is 3. The second-order valence-corrected chi connectivity index (χ2v) is 10.3. The van der Waals surface area contributed by atoms with Gasteiger partial charge in [0, 0.05) is 5.92 Å². The summed E-state index contributed by atoms with van der Waals surface area (Å²) in [6.45, 7) is 5.20. The van der Waals surface area contributed by atoms with Crippen molar-refractivity contribution < 1.29 is 33.3 Å². The lowest BCUT2D eigenvalue weighted by atomic mass is 9.98. The van der Waals surface area contributed by atoms with Gasteiger partial charge in [-0.2, -0.15) is 0 Å². The molecule has 3 aromatic carbocycles. The SMILES string of the molecule is C.COc1ccc(COC(=O)[C@H](CC(=O)OC(C)(C)C)NC(=O)OCC2c3ccccc3-c3ccccc32)cc1. The van der Waals surface area contributed by atoms with Crippen LogP contribution in [-0.4, -0.2) is 43.4 Å². The number of alkyl carbamates (subject to hydrolysis) is 1. The number of esters is 2. The van der Waals surface area contributed by atoms with Crippen molar-refractivity contribution in [3.63, 3.8) is 0 Å². The third-order valence-electron chi connectivity index (χ3n) is 6.25. The van der Waals surface area contributed by atoms with Gasteiger partial charge in [0.05, 0.1) is 13.5 Å². The van der Waals surface area contributed by atoms with Crippen molar-refractivity contribution in [2.45, 2.75) is 58.8 Å². The number of carbonyl (C=O) groups excluding carboxylic acids is 3.